The highest BCUT2D eigenvalue weighted by molar-refractivity contribution is 7.09. The number of thiazole rings is 1. The van der Waals surface area contributed by atoms with Crippen molar-refractivity contribution < 1.29 is 0 Å². The number of halogens is 1. The highest BCUT2D eigenvalue weighted by Gasteiger charge is 2.21. The van der Waals surface area contributed by atoms with Gasteiger partial charge in [-0.2, -0.15) is 0 Å². The van der Waals surface area contributed by atoms with Crippen LogP contribution in [0.2, 0.25) is 0 Å². The maximum atomic E-state index is 5.76. The molecule has 0 radical (unpaired) electrons. The minimum atomic E-state index is 0.540. The first-order valence-electron chi connectivity index (χ1n) is 6.90. The molecule has 0 amide bonds. The molecule has 1 fully saturated rings. The van der Waals surface area contributed by atoms with E-state index in [2.05, 4.69) is 29.1 Å². The standard InChI is InChI=1S/C14H23ClN2S/c1-11-5-7-17(9-12(11)2)6-3-4-14-16-13(8-15)10-18-14/h10-12H,3-9H2,1-2H3. The van der Waals surface area contributed by atoms with Crippen LogP contribution in [0.3, 0.4) is 0 Å². The van der Waals surface area contributed by atoms with Gasteiger partial charge in [0.1, 0.15) is 0 Å². The van der Waals surface area contributed by atoms with Gasteiger partial charge >= 0.3 is 0 Å². The van der Waals surface area contributed by atoms with Crippen LogP contribution in [0.5, 0.6) is 0 Å². The molecular formula is C14H23ClN2S. The fraction of sp³-hybridized carbons (Fsp3) is 0.786. The molecule has 4 heteroatoms. The number of piperidine rings is 1. The Balaban J connectivity index is 1.69. The Morgan fingerprint density at radius 3 is 2.94 bits per heavy atom. The quantitative estimate of drug-likeness (QED) is 0.766. The summed E-state index contributed by atoms with van der Waals surface area (Å²) in [5.41, 5.74) is 1.03. The zero-order chi connectivity index (χ0) is 13.0. The summed E-state index contributed by atoms with van der Waals surface area (Å²) in [6.07, 6.45) is 3.67. The number of hydrogen-bond donors (Lipinski definition) is 0. The van der Waals surface area contributed by atoms with Gasteiger partial charge in [-0.3, -0.25) is 0 Å². The number of likely N-dealkylation sites (tertiary alicyclic amines) is 1. The highest BCUT2D eigenvalue weighted by atomic mass is 35.5. The molecule has 0 bridgehead atoms. The molecule has 1 aromatic heterocycles. The molecular weight excluding hydrogens is 264 g/mol. The summed E-state index contributed by atoms with van der Waals surface area (Å²) in [5.74, 6) is 2.28. The van der Waals surface area contributed by atoms with E-state index in [-0.39, 0.29) is 0 Å². The van der Waals surface area contributed by atoms with Crippen molar-refractivity contribution in [2.75, 3.05) is 19.6 Å². The molecule has 0 spiro atoms. The lowest BCUT2D eigenvalue weighted by molar-refractivity contribution is 0.137. The van der Waals surface area contributed by atoms with Gasteiger partial charge in [0.25, 0.3) is 0 Å². The number of rotatable bonds is 5. The number of hydrogen-bond acceptors (Lipinski definition) is 3. The molecule has 1 aromatic rings. The minimum absolute atomic E-state index is 0.540. The number of alkyl halides is 1. The van der Waals surface area contributed by atoms with E-state index < -0.39 is 0 Å². The van der Waals surface area contributed by atoms with Crippen LogP contribution in [0.25, 0.3) is 0 Å². The Labute approximate surface area is 119 Å². The van der Waals surface area contributed by atoms with Crippen molar-refractivity contribution in [3.05, 3.63) is 16.1 Å². The predicted octanol–water partition coefficient (Wildman–Crippen LogP) is 3.79. The Hall–Kier alpha value is -0.120. The lowest BCUT2D eigenvalue weighted by Gasteiger charge is -2.35. The van der Waals surface area contributed by atoms with Crippen molar-refractivity contribution in [3.63, 3.8) is 0 Å². The third-order valence-corrected chi connectivity index (χ3v) is 5.25. The average molecular weight is 287 g/mol. The first-order valence-corrected chi connectivity index (χ1v) is 8.32. The molecule has 2 atom stereocenters. The van der Waals surface area contributed by atoms with Crippen LogP contribution >= 0.6 is 22.9 Å². The summed E-state index contributed by atoms with van der Waals surface area (Å²) in [6.45, 7) is 8.52. The fourth-order valence-corrected chi connectivity index (χ4v) is 3.60. The third kappa shape index (κ3) is 3.94. The van der Waals surface area contributed by atoms with Gasteiger partial charge in [-0.15, -0.1) is 22.9 Å². The van der Waals surface area contributed by atoms with E-state index in [0.29, 0.717) is 5.88 Å². The maximum absolute atomic E-state index is 5.76. The van der Waals surface area contributed by atoms with E-state index >= 15 is 0 Å². The smallest absolute Gasteiger partial charge is 0.0929 e. The molecule has 0 saturated carbocycles. The van der Waals surface area contributed by atoms with E-state index in [4.69, 9.17) is 11.6 Å². The molecule has 18 heavy (non-hydrogen) atoms. The first kappa shape index (κ1) is 14.3. The number of aryl methyl sites for hydroxylation is 1. The molecule has 1 saturated heterocycles. The van der Waals surface area contributed by atoms with E-state index in [1.807, 2.05) is 0 Å². The second kappa shape index (κ2) is 6.88. The second-order valence-electron chi connectivity index (χ2n) is 5.51. The van der Waals surface area contributed by atoms with E-state index in [1.54, 1.807) is 11.3 Å². The molecule has 0 aliphatic carbocycles. The monoisotopic (exact) mass is 286 g/mol. The van der Waals surface area contributed by atoms with Crippen LogP contribution in [0.15, 0.2) is 5.38 Å². The molecule has 0 aromatic carbocycles. The zero-order valence-corrected chi connectivity index (χ0v) is 12.9. The molecule has 2 rings (SSSR count). The molecule has 102 valence electrons. The van der Waals surface area contributed by atoms with Gasteiger partial charge in [0.2, 0.25) is 0 Å². The van der Waals surface area contributed by atoms with Crippen LogP contribution in [-0.4, -0.2) is 29.5 Å². The number of nitrogens with zero attached hydrogens (tertiary/aromatic N) is 2. The van der Waals surface area contributed by atoms with Crippen LogP contribution in [0.1, 0.15) is 37.4 Å². The Bertz CT molecular complexity index is 366. The van der Waals surface area contributed by atoms with Crippen molar-refractivity contribution in [1.82, 2.24) is 9.88 Å². The normalized spacial score (nSPS) is 25.5. The highest BCUT2D eigenvalue weighted by Crippen LogP contribution is 2.22. The summed E-state index contributed by atoms with van der Waals surface area (Å²) >= 11 is 7.51. The average Bonchev–Trinajstić information content (AvgIpc) is 2.82. The third-order valence-electron chi connectivity index (χ3n) is 4.02. The van der Waals surface area contributed by atoms with E-state index in [9.17, 15) is 0 Å². The van der Waals surface area contributed by atoms with E-state index in [0.717, 1.165) is 24.0 Å². The summed E-state index contributed by atoms with van der Waals surface area (Å²) in [7, 11) is 0. The largest absolute Gasteiger partial charge is 0.303 e. The Morgan fingerprint density at radius 2 is 2.28 bits per heavy atom. The Kier molecular flexibility index (Phi) is 5.46. The van der Waals surface area contributed by atoms with Gasteiger partial charge in [0.15, 0.2) is 0 Å². The summed E-state index contributed by atoms with van der Waals surface area (Å²) in [4.78, 5) is 7.12. The summed E-state index contributed by atoms with van der Waals surface area (Å²) in [6, 6.07) is 0. The van der Waals surface area contributed by atoms with Gasteiger partial charge in [-0.05, 0) is 37.8 Å². The van der Waals surface area contributed by atoms with Gasteiger partial charge in [-0.25, -0.2) is 4.98 Å². The van der Waals surface area contributed by atoms with Crippen LogP contribution in [0.4, 0.5) is 0 Å². The van der Waals surface area contributed by atoms with Crippen molar-refractivity contribution in [1.29, 1.82) is 0 Å². The van der Waals surface area contributed by atoms with Gasteiger partial charge in [0, 0.05) is 18.3 Å². The topological polar surface area (TPSA) is 16.1 Å². The lowest BCUT2D eigenvalue weighted by Crippen LogP contribution is -2.38. The first-order chi connectivity index (χ1) is 8.69. The van der Waals surface area contributed by atoms with Crippen molar-refractivity contribution in [2.24, 2.45) is 11.8 Å². The van der Waals surface area contributed by atoms with Crippen molar-refractivity contribution in [3.8, 4) is 0 Å². The summed E-state index contributed by atoms with van der Waals surface area (Å²) in [5, 5.41) is 3.32. The Morgan fingerprint density at radius 1 is 1.44 bits per heavy atom. The minimum Gasteiger partial charge on any atom is -0.303 e. The molecule has 2 nitrogen and oxygen atoms in total. The predicted molar refractivity (Wildman–Crippen MR) is 79.4 cm³/mol. The summed E-state index contributed by atoms with van der Waals surface area (Å²) < 4.78 is 0. The SMILES string of the molecule is CC1CCN(CCCc2nc(CCl)cs2)CC1C. The lowest BCUT2D eigenvalue weighted by atomic mass is 9.88. The van der Waals surface area contributed by atoms with Gasteiger partial charge < -0.3 is 4.90 Å². The van der Waals surface area contributed by atoms with E-state index in [1.165, 1.54) is 37.5 Å². The van der Waals surface area contributed by atoms with Crippen LogP contribution < -0.4 is 0 Å². The molecule has 1 aliphatic rings. The second-order valence-corrected chi connectivity index (χ2v) is 6.72. The fourth-order valence-electron chi connectivity index (χ4n) is 2.53. The van der Waals surface area contributed by atoms with Gasteiger partial charge in [-0.1, -0.05) is 13.8 Å². The molecule has 0 N–H and O–H groups in total. The number of aromatic nitrogens is 1. The van der Waals surface area contributed by atoms with Crippen LogP contribution in [0, 0.1) is 11.8 Å². The van der Waals surface area contributed by atoms with Crippen molar-refractivity contribution >= 4 is 22.9 Å². The zero-order valence-electron chi connectivity index (χ0n) is 11.4. The van der Waals surface area contributed by atoms with Gasteiger partial charge in [0.05, 0.1) is 16.6 Å². The maximum Gasteiger partial charge on any atom is 0.0929 e. The molecule has 2 unspecified atom stereocenters. The molecule has 2 heterocycles. The van der Waals surface area contributed by atoms with Crippen molar-refractivity contribution in [2.45, 2.75) is 39.0 Å². The van der Waals surface area contributed by atoms with Crippen LogP contribution in [-0.2, 0) is 12.3 Å². The molecule has 1 aliphatic heterocycles.